The smallest absolute Gasteiger partial charge is 0.274 e. The summed E-state index contributed by atoms with van der Waals surface area (Å²) in [6.45, 7) is 5.33. The van der Waals surface area contributed by atoms with Gasteiger partial charge in [0.05, 0.1) is 0 Å². The Balaban J connectivity index is 1.90. The van der Waals surface area contributed by atoms with E-state index in [4.69, 9.17) is 5.73 Å². The van der Waals surface area contributed by atoms with Crippen LogP contribution in [0.15, 0.2) is 12.3 Å². The zero-order valence-corrected chi connectivity index (χ0v) is 11.6. The molecule has 6 heteroatoms. The quantitative estimate of drug-likeness (QED) is 0.826. The maximum atomic E-state index is 12.3. The molecule has 1 aromatic rings. The molecule has 6 nitrogen and oxygen atoms in total. The number of carbonyl (C=O) groups excluding carboxylic acids is 1. The van der Waals surface area contributed by atoms with Gasteiger partial charge in [-0.1, -0.05) is 0 Å². The Morgan fingerprint density at radius 2 is 2.21 bits per heavy atom. The van der Waals surface area contributed by atoms with Crippen molar-refractivity contribution in [1.82, 2.24) is 19.6 Å². The van der Waals surface area contributed by atoms with E-state index in [0.29, 0.717) is 5.69 Å². The highest BCUT2D eigenvalue weighted by Crippen LogP contribution is 2.08. The van der Waals surface area contributed by atoms with Crippen LogP contribution in [0.25, 0.3) is 0 Å². The van der Waals surface area contributed by atoms with Crippen LogP contribution >= 0.6 is 0 Å². The summed E-state index contributed by atoms with van der Waals surface area (Å²) in [5, 5.41) is 4.18. The molecule has 2 heterocycles. The van der Waals surface area contributed by atoms with Crippen LogP contribution in [0.3, 0.4) is 0 Å². The van der Waals surface area contributed by atoms with Gasteiger partial charge < -0.3 is 15.5 Å². The van der Waals surface area contributed by atoms with Crippen molar-refractivity contribution in [1.29, 1.82) is 0 Å². The number of nitrogens with two attached hydrogens (primary N) is 1. The van der Waals surface area contributed by atoms with Gasteiger partial charge in [-0.25, -0.2) is 0 Å². The highest BCUT2D eigenvalue weighted by Gasteiger charge is 2.21. The first-order chi connectivity index (χ1) is 9.20. The summed E-state index contributed by atoms with van der Waals surface area (Å²) < 4.78 is 1.67. The van der Waals surface area contributed by atoms with Crippen LogP contribution < -0.4 is 5.73 Å². The van der Waals surface area contributed by atoms with E-state index in [1.54, 1.807) is 16.9 Å². The molecule has 1 aromatic heterocycles. The molecular formula is C13H23N5O. The second kappa shape index (κ2) is 6.68. The SMILES string of the molecule is Cn1ccc(C(=O)N2CCCN(CCCN)CC2)n1. The summed E-state index contributed by atoms with van der Waals surface area (Å²) in [6.07, 6.45) is 3.84. The van der Waals surface area contributed by atoms with E-state index < -0.39 is 0 Å². The lowest BCUT2D eigenvalue weighted by Gasteiger charge is -2.21. The molecule has 0 saturated carbocycles. The van der Waals surface area contributed by atoms with Crippen LogP contribution in [0.4, 0.5) is 0 Å². The molecule has 0 radical (unpaired) electrons. The van der Waals surface area contributed by atoms with E-state index in [1.165, 1.54) is 0 Å². The van der Waals surface area contributed by atoms with Crippen LogP contribution in [-0.2, 0) is 7.05 Å². The maximum Gasteiger partial charge on any atom is 0.274 e. The second-order valence-electron chi connectivity index (χ2n) is 5.00. The first-order valence-corrected chi connectivity index (χ1v) is 6.92. The van der Waals surface area contributed by atoms with Crippen molar-refractivity contribution in [2.45, 2.75) is 12.8 Å². The third-order valence-electron chi connectivity index (χ3n) is 3.49. The summed E-state index contributed by atoms with van der Waals surface area (Å²) in [4.78, 5) is 16.6. The third kappa shape index (κ3) is 3.78. The zero-order chi connectivity index (χ0) is 13.7. The minimum Gasteiger partial charge on any atom is -0.336 e. The Labute approximate surface area is 114 Å². The van der Waals surface area contributed by atoms with Gasteiger partial charge in [0.15, 0.2) is 0 Å². The summed E-state index contributed by atoms with van der Waals surface area (Å²) in [6, 6.07) is 1.78. The van der Waals surface area contributed by atoms with E-state index in [9.17, 15) is 4.79 Å². The molecule has 0 atom stereocenters. The lowest BCUT2D eigenvalue weighted by Crippen LogP contribution is -2.36. The molecule has 2 N–H and O–H groups in total. The van der Waals surface area contributed by atoms with E-state index >= 15 is 0 Å². The normalized spacial score (nSPS) is 17.5. The lowest BCUT2D eigenvalue weighted by molar-refractivity contribution is 0.0754. The average molecular weight is 265 g/mol. The lowest BCUT2D eigenvalue weighted by atomic mass is 10.3. The fourth-order valence-electron chi connectivity index (χ4n) is 2.40. The first kappa shape index (κ1) is 14.0. The number of rotatable bonds is 4. The second-order valence-corrected chi connectivity index (χ2v) is 5.00. The molecule has 106 valence electrons. The third-order valence-corrected chi connectivity index (χ3v) is 3.49. The Kier molecular flexibility index (Phi) is 4.93. The molecule has 0 spiro atoms. The average Bonchev–Trinajstić information content (AvgIpc) is 2.71. The number of hydrogen-bond acceptors (Lipinski definition) is 4. The summed E-state index contributed by atoms with van der Waals surface area (Å²) >= 11 is 0. The predicted octanol–water partition coefficient (Wildman–Crippen LogP) is -0.0832. The molecule has 1 amide bonds. The van der Waals surface area contributed by atoms with Crippen molar-refractivity contribution in [3.05, 3.63) is 18.0 Å². The summed E-state index contributed by atoms with van der Waals surface area (Å²) in [5.41, 5.74) is 6.08. The van der Waals surface area contributed by atoms with Crippen LogP contribution in [0.5, 0.6) is 0 Å². The molecular weight excluding hydrogens is 242 g/mol. The van der Waals surface area contributed by atoms with Gasteiger partial charge in [-0.15, -0.1) is 0 Å². The van der Waals surface area contributed by atoms with Gasteiger partial charge in [0.1, 0.15) is 5.69 Å². The molecule has 0 unspecified atom stereocenters. The minimum absolute atomic E-state index is 0.0428. The van der Waals surface area contributed by atoms with Crippen molar-refractivity contribution in [3.8, 4) is 0 Å². The molecule has 2 rings (SSSR count). The standard InChI is InChI=1S/C13H23N5O/c1-16-9-4-12(15-16)13(19)18-8-3-7-17(10-11-18)6-2-5-14/h4,9H,2-3,5-8,10-11,14H2,1H3. The van der Waals surface area contributed by atoms with Crippen molar-refractivity contribution in [3.63, 3.8) is 0 Å². The van der Waals surface area contributed by atoms with Crippen molar-refractivity contribution in [2.75, 3.05) is 39.3 Å². The van der Waals surface area contributed by atoms with Crippen LogP contribution in [0.2, 0.25) is 0 Å². The van der Waals surface area contributed by atoms with Crippen molar-refractivity contribution in [2.24, 2.45) is 12.8 Å². The first-order valence-electron chi connectivity index (χ1n) is 6.92. The van der Waals surface area contributed by atoms with Crippen LogP contribution in [0, 0.1) is 0 Å². The van der Waals surface area contributed by atoms with E-state index in [0.717, 1.165) is 52.1 Å². The van der Waals surface area contributed by atoms with Crippen molar-refractivity contribution >= 4 is 5.91 Å². The van der Waals surface area contributed by atoms with Crippen LogP contribution in [-0.4, -0.2) is 64.8 Å². The van der Waals surface area contributed by atoms with Gasteiger partial charge in [0.2, 0.25) is 0 Å². The number of carbonyl (C=O) groups is 1. The summed E-state index contributed by atoms with van der Waals surface area (Å²) in [7, 11) is 1.83. The molecule has 1 fully saturated rings. The fourth-order valence-corrected chi connectivity index (χ4v) is 2.40. The topological polar surface area (TPSA) is 67.4 Å². The number of aromatic nitrogens is 2. The zero-order valence-electron chi connectivity index (χ0n) is 11.6. The monoisotopic (exact) mass is 265 g/mol. The number of hydrogen-bond donors (Lipinski definition) is 1. The largest absolute Gasteiger partial charge is 0.336 e. The number of nitrogens with zero attached hydrogens (tertiary/aromatic N) is 4. The van der Waals surface area contributed by atoms with Gasteiger partial charge in [-0.3, -0.25) is 9.48 Å². The molecule has 19 heavy (non-hydrogen) atoms. The van der Waals surface area contributed by atoms with E-state index in [-0.39, 0.29) is 5.91 Å². The van der Waals surface area contributed by atoms with Gasteiger partial charge in [-0.2, -0.15) is 5.10 Å². The number of amides is 1. The van der Waals surface area contributed by atoms with E-state index in [2.05, 4.69) is 10.00 Å². The highest BCUT2D eigenvalue weighted by atomic mass is 16.2. The molecule has 1 saturated heterocycles. The molecule has 0 aliphatic carbocycles. The predicted molar refractivity (Wildman–Crippen MR) is 73.8 cm³/mol. The van der Waals surface area contributed by atoms with Crippen LogP contribution in [0.1, 0.15) is 23.3 Å². The molecule has 1 aliphatic heterocycles. The minimum atomic E-state index is 0.0428. The van der Waals surface area contributed by atoms with Gasteiger partial charge in [-0.05, 0) is 38.5 Å². The van der Waals surface area contributed by atoms with Crippen molar-refractivity contribution < 1.29 is 4.79 Å². The molecule has 0 bridgehead atoms. The summed E-state index contributed by atoms with van der Waals surface area (Å²) in [5.74, 6) is 0.0428. The van der Waals surface area contributed by atoms with Gasteiger partial charge >= 0.3 is 0 Å². The highest BCUT2D eigenvalue weighted by molar-refractivity contribution is 5.92. The molecule has 0 aromatic carbocycles. The Morgan fingerprint density at radius 1 is 1.37 bits per heavy atom. The Morgan fingerprint density at radius 3 is 2.89 bits per heavy atom. The maximum absolute atomic E-state index is 12.3. The Hall–Kier alpha value is -1.40. The van der Waals surface area contributed by atoms with Gasteiger partial charge in [0.25, 0.3) is 5.91 Å². The van der Waals surface area contributed by atoms with Gasteiger partial charge in [0, 0.05) is 32.9 Å². The molecule has 1 aliphatic rings. The Bertz CT molecular complexity index is 417. The van der Waals surface area contributed by atoms with E-state index in [1.807, 2.05) is 11.9 Å². The fraction of sp³-hybridized carbons (Fsp3) is 0.692. The number of aryl methyl sites for hydroxylation is 1.